The van der Waals surface area contributed by atoms with Gasteiger partial charge in [-0.05, 0) is 47.9 Å². The number of aromatic nitrogens is 1. The number of carbonyl (C=O) groups is 1. The van der Waals surface area contributed by atoms with Crippen molar-refractivity contribution in [2.45, 2.75) is 18.9 Å². The number of amides is 1. The first-order valence-corrected chi connectivity index (χ1v) is 10.4. The third kappa shape index (κ3) is 3.28. The molecule has 5 rings (SSSR count). The van der Waals surface area contributed by atoms with E-state index in [1.165, 1.54) is 0 Å². The maximum atomic E-state index is 13.5. The molecular formula is C23H20N2O2S. The van der Waals surface area contributed by atoms with E-state index in [1.54, 1.807) is 16.2 Å². The van der Waals surface area contributed by atoms with Crippen LogP contribution in [0.1, 0.15) is 23.2 Å². The van der Waals surface area contributed by atoms with Crippen LogP contribution in [-0.4, -0.2) is 30.1 Å². The Kier molecular flexibility index (Phi) is 4.55. The highest BCUT2D eigenvalue weighted by molar-refractivity contribution is 7.22. The number of thiazole rings is 1. The predicted octanol–water partition coefficient (Wildman–Crippen LogP) is 5.28. The zero-order valence-corrected chi connectivity index (χ0v) is 16.2. The first-order valence-electron chi connectivity index (χ1n) is 9.56. The SMILES string of the molecule is O=C(c1ccc2ccccc2c1)N(C[C@H]1CCCO1)c1nc2ccccc2s1. The van der Waals surface area contributed by atoms with Crippen LogP contribution in [0.4, 0.5) is 5.13 Å². The van der Waals surface area contributed by atoms with Gasteiger partial charge in [0.25, 0.3) is 5.91 Å². The van der Waals surface area contributed by atoms with Crippen molar-refractivity contribution in [3.8, 4) is 0 Å². The second-order valence-electron chi connectivity index (χ2n) is 7.08. The molecule has 1 fully saturated rings. The number of carbonyl (C=O) groups excluding carboxylic acids is 1. The van der Waals surface area contributed by atoms with Gasteiger partial charge < -0.3 is 4.74 Å². The van der Waals surface area contributed by atoms with E-state index in [0.717, 1.165) is 45.6 Å². The van der Waals surface area contributed by atoms with E-state index in [2.05, 4.69) is 6.07 Å². The zero-order chi connectivity index (χ0) is 18.9. The van der Waals surface area contributed by atoms with Gasteiger partial charge in [-0.1, -0.05) is 53.8 Å². The fourth-order valence-corrected chi connectivity index (χ4v) is 4.67. The standard InChI is InChI=1S/C23H20N2O2S/c26-22(18-12-11-16-6-1-2-7-17(16)14-18)25(15-19-8-5-13-27-19)23-24-20-9-3-4-10-21(20)28-23/h1-4,6-7,9-12,14,19H,5,8,13,15H2/t19-/m1/s1. The van der Waals surface area contributed by atoms with E-state index in [-0.39, 0.29) is 12.0 Å². The lowest BCUT2D eigenvalue weighted by Crippen LogP contribution is -2.37. The molecule has 5 heteroatoms. The smallest absolute Gasteiger partial charge is 0.260 e. The molecule has 0 bridgehead atoms. The molecule has 3 aromatic carbocycles. The van der Waals surface area contributed by atoms with Crippen molar-refractivity contribution in [1.82, 2.24) is 4.98 Å². The summed E-state index contributed by atoms with van der Waals surface area (Å²) in [4.78, 5) is 20.0. The zero-order valence-electron chi connectivity index (χ0n) is 15.4. The van der Waals surface area contributed by atoms with Gasteiger partial charge in [-0.2, -0.15) is 0 Å². The number of rotatable bonds is 4. The molecule has 0 saturated carbocycles. The first-order chi connectivity index (χ1) is 13.8. The molecule has 140 valence electrons. The summed E-state index contributed by atoms with van der Waals surface area (Å²) in [7, 11) is 0. The summed E-state index contributed by atoms with van der Waals surface area (Å²) in [5.41, 5.74) is 1.60. The Hall–Kier alpha value is -2.76. The van der Waals surface area contributed by atoms with Crippen LogP contribution < -0.4 is 4.90 Å². The van der Waals surface area contributed by atoms with Gasteiger partial charge in [-0.25, -0.2) is 4.98 Å². The Balaban J connectivity index is 1.54. The molecule has 4 nitrogen and oxygen atoms in total. The maximum absolute atomic E-state index is 13.5. The third-order valence-electron chi connectivity index (χ3n) is 5.17. The molecule has 0 unspecified atom stereocenters. The van der Waals surface area contributed by atoms with Crippen molar-refractivity contribution in [2.24, 2.45) is 0 Å². The first kappa shape index (κ1) is 17.3. The van der Waals surface area contributed by atoms with Crippen LogP contribution in [-0.2, 0) is 4.74 Å². The second-order valence-corrected chi connectivity index (χ2v) is 8.09. The van der Waals surface area contributed by atoms with Crippen molar-refractivity contribution in [1.29, 1.82) is 0 Å². The molecule has 1 aromatic heterocycles. The maximum Gasteiger partial charge on any atom is 0.260 e. The van der Waals surface area contributed by atoms with Crippen LogP contribution in [0.5, 0.6) is 0 Å². The van der Waals surface area contributed by atoms with E-state index in [0.29, 0.717) is 12.1 Å². The summed E-state index contributed by atoms with van der Waals surface area (Å²) in [6.07, 6.45) is 2.09. The summed E-state index contributed by atoms with van der Waals surface area (Å²) < 4.78 is 6.90. The number of fused-ring (bicyclic) bond motifs is 2. The fraction of sp³-hybridized carbons (Fsp3) is 0.217. The van der Waals surface area contributed by atoms with Crippen LogP contribution in [0.25, 0.3) is 21.0 Å². The highest BCUT2D eigenvalue weighted by Crippen LogP contribution is 2.31. The molecule has 1 saturated heterocycles. The molecule has 1 aliphatic rings. The lowest BCUT2D eigenvalue weighted by molar-refractivity contribution is 0.0917. The minimum absolute atomic E-state index is 0.0275. The molecule has 0 spiro atoms. The number of nitrogens with zero attached hydrogens (tertiary/aromatic N) is 2. The average Bonchev–Trinajstić information content (AvgIpc) is 3.40. The molecule has 1 amide bonds. The largest absolute Gasteiger partial charge is 0.376 e. The number of benzene rings is 3. The van der Waals surface area contributed by atoms with Gasteiger partial charge in [0.2, 0.25) is 0 Å². The van der Waals surface area contributed by atoms with E-state index in [1.807, 2.05) is 60.7 Å². The van der Waals surface area contributed by atoms with Crippen molar-refractivity contribution in [3.63, 3.8) is 0 Å². The van der Waals surface area contributed by atoms with Gasteiger partial charge in [-0.15, -0.1) is 0 Å². The van der Waals surface area contributed by atoms with Gasteiger partial charge in [0.15, 0.2) is 5.13 Å². The Bertz CT molecular complexity index is 1110. The van der Waals surface area contributed by atoms with Crippen molar-refractivity contribution >= 4 is 43.4 Å². The van der Waals surface area contributed by atoms with Crippen molar-refractivity contribution in [3.05, 3.63) is 72.3 Å². The van der Waals surface area contributed by atoms with Crippen LogP contribution in [0.15, 0.2) is 66.7 Å². The number of ether oxygens (including phenoxy) is 1. The van der Waals surface area contributed by atoms with E-state index < -0.39 is 0 Å². The Morgan fingerprint density at radius 2 is 1.89 bits per heavy atom. The average molecular weight is 388 g/mol. The topological polar surface area (TPSA) is 42.4 Å². The molecule has 4 aromatic rings. The monoisotopic (exact) mass is 388 g/mol. The molecular weight excluding hydrogens is 368 g/mol. The molecule has 0 aliphatic carbocycles. The van der Waals surface area contributed by atoms with Gasteiger partial charge in [0.1, 0.15) is 0 Å². The molecule has 0 radical (unpaired) electrons. The van der Waals surface area contributed by atoms with Crippen LogP contribution in [0.3, 0.4) is 0 Å². The summed E-state index contributed by atoms with van der Waals surface area (Å²) in [5, 5.41) is 2.93. The van der Waals surface area contributed by atoms with Crippen LogP contribution in [0.2, 0.25) is 0 Å². The molecule has 0 N–H and O–H groups in total. The number of para-hydroxylation sites is 1. The Labute approximate surface area is 167 Å². The highest BCUT2D eigenvalue weighted by atomic mass is 32.1. The molecule has 2 heterocycles. The van der Waals surface area contributed by atoms with E-state index >= 15 is 0 Å². The fourth-order valence-electron chi connectivity index (χ4n) is 3.69. The van der Waals surface area contributed by atoms with E-state index in [9.17, 15) is 4.79 Å². The summed E-state index contributed by atoms with van der Waals surface area (Å²) in [6.45, 7) is 1.30. The Morgan fingerprint density at radius 1 is 1.07 bits per heavy atom. The summed E-state index contributed by atoms with van der Waals surface area (Å²) >= 11 is 1.55. The lowest BCUT2D eigenvalue weighted by Gasteiger charge is -2.23. The molecule has 1 aliphatic heterocycles. The number of hydrogen-bond donors (Lipinski definition) is 0. The number of anilines is 1. The van der Waals surface area contributed by atoms with Crippen molar-refractivity contribution in [2.75, 3.05) is 18.1 Å². The quantitative estimate of drug-likeness (QED) is 0.478. The van der Waals surface area contributed by atoms with Crippen molar-refractivity contribution < 1.29 is 9.53 Å². The third-order valence-corrected chi connectivity index (χ3v) is 6.22. The van der Waals surface area contributed by atoms with Crippen LogP contribution >= 0.6 is 11.3 Å². The lowest BCUT2D eigenvalue weighted by atomic mass is 10.1. The minimum Gasteiger partial charge on any atom is -0.376 e. The van der Waals surface area contributed by atoms with Gasteiger partial charge in [-0.3, -0.25) is 9.69 Å². The van der Waals surface area contributed by atoms with E-state index in [4.69, 9.17) is 9.72 Å². The predicted molar refractivity (Wildman–Crippen MR) is 114 cm³/mol. The molecule has 28 heavy (non-hydrogen) atoms. The van der Waals surface area contributed by atoms with Crippen LogP contribution in [0, 0.1) is 0 Å². The number of hydrogen-bond acceptors (Lipinski definition) is 4. The highest BCUT2D eigenvalue weighted by Gasteiger charge is 2.27. The normalized spacial score (nSPS) is 16.6. The summed E-state index contributed by atoms with van der Waals surface area (Å²) in [6, 6.07) is 22.0. The second kappa shape index (κ2) is 7.34. The minimum atomic E-state index is -0.0275. The Morgan fingerprint density at radius 3 is 2.71 bits per heavy atom. The van der Waals surface area contributed by atoms with Gasteiger partial charge in [0, 0.05) is 12.2 Å². The summed E-state index contributed by atoms with van der Waals surface area (Å²) in [5.74, 6) is -0.0275. The molecule has 1 atom stereocenters. The van der Waals surface area contributed by atoms with Gasteiger partial charge in [0.05, 0.1) is 22.9 Å². The van der Waals surface area contributed by atoms with Gasteiger partial charge >= 0.3 is 0 Å².